The zero-order valence-electron chi connectivity index (χ0n) is 9.04. The van der Waals surface area contributed by atoms with Gasteiger partial charge in [-0.05, 0) is 12.0 Å². The minimum absolute atomic E-state index is 0. The summed E-state index contributed by atoms with van der Waals surface area (Å²) in [5.74, 6) is 0. The first-order chi connectivity index (χ1) is 5.33. The van der Waals surface area contributed by atoms with Gasteiger partial charge in [-0.2, -0.15) is 0 Å². The minimum atomic E-state index is 0. The van der Waals surface area contributed by atoms with E-state index in [-0.39, 0.29) is 26.0 Å². The second-order valence-corrected chi connectivity index (χ2v) is 2.10. The van der Waals surface area contributed by atoms with Crippen LogP contribution in [0.15, 0.2) is 24.3 Å². The average molecular weight is 212 g/mol. The summed E-state index contributed by atoms with van der Waals surface area (Å²) in [6.07, 6.45) is 1.06. The fourth-order valence-corrected chi connectivity index (χ4v) is 0.813. The molecule has 0 saturated heterocycles. The molecule has 1 rings (SSSR count). The first-order valence-electron chi connectivity index (χ1n) is 4.17. The standard InChI is InChI=1S/C8H9B.C2H6.CH3.V/c1-2-7-4-3-5-8(9)6-7;1-2;;/h3-6H,2H2,1H3;1-2H3;1H3;/q;;-1;. The molecule has 1 aromatic rings. The van der Waals surface area contributed by atoms with Gasteiger partial charge in [0.25, 0.3) is 0 Å². The first-order valence-corrected chi connectivity index (χ1v) is 4.17. The third-order valence-corrected chi connectivity index (χ3v) is 1.36. The van der Waals surface area contributed by atoms with Crippen molar-refractivity contribution in [3.05, 3.63) is 37.3 Å². The van der Waals surface area contributed by atoms with Crippen LogP contribution in [-0.4, -0.2) is 7.85 Å². The number of hydrogen-bond acceptors (Lipinski definition) is 0. The molecule has 0 saturated carbocycles. The summed E-state index contributed by atoms with van der Waals surface area (Å²) in [5, 5.41) is 0. The first kappa shape index (κ1) is 18.6. The van der Waals surface area contributed by atoms with Crippen LogP contribution in [0.1, 0.15) is 26.3 Å². The SMILES string of the molecule is CC.[B]c1cccc(CC)c1.[CH3-].[V]. The zero-order valence-corrected chi connectivity index (χ0v) is 10.4. The molecule has 0 nitrogen and oxygen atoms in total. The maximum atomic E-state index is 5.53. The van der Waals surface area contributed by atoms with Gasteiger partial charge in [0.2, 0.25) is 0 Å². The van der Waals surface area contributed by atoms with Crippen molar-refractivity contribution >= 4 is 13.3 Å². The molecule has 3 radical (unpaired) electrons. The van der Waals surface area contributed by atoms with E-state index in [4.69, 9.17) is 7.85 Å². The predicted molar refractivity (Wildman–Crippen MR) is 59.0 cm³/mol. The Kier molecular flexibility index (Phi) is 17.0. The summed E-state index contributed by atoms with van der Waals surface area (Å²) < 4.78 is 0. The van der Waals surface area contributed by atoms with E-state index >= 15 is 0 Å². The summed E-state index contributed by atoms with van der Waals surface area (Å²) in [6.45, 7) is 6.12. The Balaban J connectivity index is -0.000000234. The number of rotatable bonds is 1. The zero-order chi connectivity index (χ0) is 8.69. The second-order valence-electron chi connectivity index (χ2n) is 2.10. The van der Waals surface area contributed by atoms with E-state index in [0.29, 0.717) is 0 Å². The third-order valence-electron chi connectivity index (χ3n) is 1.36. The van der Waals surface area contributed by atoms with Crippen molar-refractivity contribution in [1.82, 2.24) is 0 Å². The molecule has 13 heavy (non-hydrogen) atoms. The van der Waals surface area contributed by atoms with Crippen molar-refractivity contribution < 1.29 is 18.6 Å². The summed E-state index contributed by atoms with van der Waals surface area (Å²) in [6, 6.07) is 7.96. The molecule has 0 unspecified atom stereocenters. The van der Waals surface area contributed by atoms with Gasteiger partial charge in [0, 0.05) is 18.6 Å². The van der Waals surface area contributed by atoms with Crippen LogP contribution in [-0.2, 0) is 25.0 Å². The van der Waals surface area contributed by atoms with Crippen molar-refractivity contribution in [2.75, 3.05) is 0 Å². The maximum absolute atomic E-state index is 5.53. The molecular formula is C11H18BV-. The van der Waals surface area contributed by atoms with Crippen LogP contribution in [0.4, 0.5) is 0 Å². The molecule has 0 aliphatic carbocycles. The molecule has 0 atom stereocenters. The molecule has 0 N–H and O–H groups in total. The van der Waals surface area contributed by atoms with Gasteiger partial charge in [0.05, 0.1) is 0 Å². The molecule has 0 aliphatic heterocycles. The van der Waals surface area contributed by atoms with E-state index in [1.54, 1.807) is 0 Å². The number of benzene rings is 1. The Morgan fingerprint density at radius 2 is 1.77 bits per heavy atom. The van der Waals surface area contributed by atoms with Gasteiger partial charge in [0.1, 0.15) is 7.85 Å². The van der Waals surface area contributed by atoms with E-state index in [9.17, 15) is 0 Å². The van der Waals surface area contributed by atoms with Crippen molar-refractivity contribution in [3.63, 3.8) is 0 Å². The fourth-order valence-electron chi connectivity index (χ4n) is 0.813. The molecule has 0 aromatic heterocycles. The van der Waals surface area contributed by atoms with Gasteiger partial charge in [-0.1, -0.05) is 50.5 Å². The Morgan fingerprint density at radius 1 is 1.23 bits per heavy atom. The Bertz CT molecular complexity index is 199. The van der Waals surface area contributed by atoms with E-state index in [0.717, 1.165) is 11.9 Å². The van der Waals surface area contributed by atoms with Gasteiger partial charge in [-0.25, -0.2) is 0 Å². The molecule has 1 aromatic carbocycles. The molecule has 0 amide bonds. The van der Waals surface area contributed by atoms with Crippen LogP contribution in [0.2, 0.25) is 0 Å². The summed E-state index contributed by atoms with van der Waals surface area (Å²) >= 11 is 0. The molecule has 0 fully saturated rings. The smallest absolute Gasteiger partial charge is 0.113 e. The van der Waals surface area contributed by atoms with Crippen LogP contribution >= 0.6 is 0 Å². The normalized spacial score (nSPS) is 7.00. The van der Waals surface area contributed by atoms with Crippen molar-refractivity contribution in [2.45, 2.75) is 27.2 Å². The van der Waals surface area contributed by atoms with Crippen LogP contribution < -0.4 is 5.46 Å². The Morgan fingerprint density at radius 3 is 2.08 bits per heavy atom. The average Bonchev–Trinajstić information content (AvgIpc) is 2.08. The quantitative estimate of drug-likeness (QED) is 0.495. The predicted octanol–water partition coefficient (Wildman–Crippen LogP) is 2.52. The van der Waals surface area contributed by atoms with Gasteiger partial charge >= 0.3 is 0 Å². The largest absolute Gasteiger partial charge is 0.358 e. The van der Waals surface area contributed by atoms with Gasteiger partial charge in [-0.15, -0.1) is 0 Å². The Labute approximate surface area is 96.4 Å². The van der Waals surface area contributed by atoms with Crippen molar-refractivity contribution in [1.29, 1.82) is 0 Å². The van der Waals surface area contributed by atoms with Gasteiger partial charge in [-0.3, -0.25) is 0 Å². The van der Waals surface area contributed by atoms with E-state index in [1.165, 1.54) is 5.56 Å². The number of aryl methyl sites for hydroxylation is 1. The minimum Gasteiger partial charge on any atom is -0.358 e. The van der Waals surface area contributed by atoms with E-state index in [2.05, 4.69) is 13.0 Å². The molecule has 0 heterocycles. The van der Waals surface area contributed by atoms with Gasteiger partial charge < -0.3 is 7.43 Å². The van der Waals surface area contributed by atoms with Crippen LogP contribution in [0.25, 0.3) is 0 Å². The second kappa shape index (κ2) is 11.9. The summed E-state index contributed by atoms with van der Waals surface area (Å²) in [5.41, 5.74) is 2.16. The molecule has 0 bridgehead atoms. The van der Waals surface area contributed by atoms with E-state index < -0.39 is 0 Å². The fraction of sp³-hybridized carbons (Fsp3) is 0.364. The Hall–Kier alpha value is -0.131. The van der Waals surface area contributed by atoms with Crippen molar-refractivity contribution in [3.8, 4) is 0 Å². The molecule has 0 aliphatic rings. The monoisotopic (exact) mass is 212 g/mol. The molecule has 71 valence electrons. The van der Waals surface area contributed by atoms with Crippen LogP contribution in [0.5, 0.6) is 0 Å². The van der Waals surface area contributed by atoms with Crippen LogP contribution in [0, 0.1) is 7.43 Å². The molecule has 0 spiro atoms. The molecule has 2 heteroatoms. The number of hydrogen-bond donors (Lipinski definition) is 0. The summed E-state index contributed by atoms with van der Waals surface area (Å²) in [4.78, 5) is 0. The maximum Gasteiger partial charge on any atom is 0.113 e. The summed E-state index contributed by atoms with van der Waals surface area (Å²) in [7, 11) is 5.53. The van der Waals surface area contributed by atoms with Gasteiger partial charge in [0.15, 0.2) is 0 Å². The van der Waals surface area contributed by atoms with E-state index in [1.807, 2.05) is 32.0 Å². The molecular weight excluding hydrogens is 194 g/mol. The van der Waals surface area contributed by atoms with Crippen molar-refractivity contribution in [2.24, 2.45) is 0 Å². The third kappa shape index (κ3) is 8.21. The van der Waals surface area contributed by atoms with Crippen LogP contribution in [0.3, 0.4) is 0 Å². The topological polar surface area (TPSA) is 0 Å².